The molecule has 1 unspecified atom stereocenters. The fourth-order valence-corrected chi connectivity index (χ4v) is 4.74. The number of pyridine rings is 1. The molecule has 0 aliphatic carbocycles. The van der Waals surface area contributed by atoms with Gasteiger partial charge in [-0.25, -0.2) is 8.42 Å². The molecular weight excluding hydrogens is 354 g/mol. The summed E-state index contributed by atoms with van der Waals surface area (Å²) in [5.74, 6) is 0.0126. The highest BCUT2D eigenvalue weighted by Gasteiger charge is 2.34. The first-order chi connectivity index (χ1) is 12.2. The molecule has 1 aliphatic rings. The fraction of sp³-hybridized carbons (Fsp3) is 0.611. The Kier molecular flexibility index (Phi) is 6.75. The lowest BCUT2D eigenvalue weighted by atomic mass is 10.1. The van der Waals surface area contributed by atoms with E-state index >= 15 is 0 Å². The van der Waals surface area contributed by atoms with E-state index in [0.717, 1.165) is 6.42 Å². The molecule has 1 aliphatic heterocycles. The Labute approximate surface area is 155 Å². The molecule has 7 nitrogen and oxygen atoms in total. The summed E-state index contributed by atoms with van der Waals surface area (Å²) in [7, 11) is -3.08. The largest absolute Gasteiger partial charge is 0.351 e. The van der Waals surface area contributed by atoms with E-state index in [4.69, 9.17) is 0 Å². The van der Waals surface area contributed by atoms with Crippen LogP contribution in [-0.4, -0.2) is 60.8 Å². The van der Waals surface area contributed by atoms with Crippen LogP contribution in [0.25, 0.3) is 0 Å². The number of hydrogen-bond donors (Lipinski definition) is 1. The van der Waals surface area contributed by atoms with Crippen LogP contribution in [0.3, 0.4) is 0 Å². The molecule has 0 spiro atoms. The molecule has 1 N–H and O–H groups in total. The number of rotatable bonds is 7. The second kappa shape index (κ2) is 8.62. The summed E-state index contributed by atoms with van der Waals surface area (Å²) in [4.78, 5) is 30.6. The van der Waals surface area contributed by atoms with Crippen LogP contribution in [0, 0.1) is 5.92 Å². The van der Waals surface area contributed by atoms with E-state index in [9.17, 15) is 18.0 Å². The van der Waals surface area contributed by atoms with Gasteiger partial charge in [-0.05, 0) is 37.8 Å². The highest BCUT2D eigenvalue weighted by atomic mass is 32.2. The molecule has 2 amide bonds. The van der Waals surface area contributed by atoms with Gasteiger partial charge in [-0.2, -0.15) is 0 Å². The van der Waals surface area contributed by atoms with E-state index in [1.54, 1.807) is 11.0 Å². The van der Waals surface area contributed by atoms with Crippen LogP contribution in [0.15, 0.2) is 18.3 Å². The van der Waals surface area contributed by atoms with Crippen molar-refractivity contribution in [2.75, 3.05) is 24.6 Å². The maximum absolute atomic E-state index is 12.8. The van der Waals surface area contributed by atoms with Crippen molar-refractivity contribution in [3.05, 3.63) is 29.6 Å². The lowest BCUT2D eigenvalue weighted by molar-refractivity contribution is 0.0708. The summed E-state index contributed by atoms with van der Waals surface area (Å²) in [6, 6.07) is 2.72. The van der Waals surface area contributed by atoms with Crippen LogP contribution >= 0.6 is 0 Å². The van der Waals surface area contributed by atoms with Gasteiger partial charge < -0.3 is 10.2 Å². The van der Waals surface area contributed by atoms with Crippen molar-refractivity contribution in [2.45, 2.75) is 39.7 Å². The van der Waals surface area contributed by atoms with Crippen molar-refractivity contribution in [1.29, 1.82) is 0 Å². The number of sulfone groups is 1. The smallest absolute Gasteiger partial charge is 0.269 e. The zero-order chi connectivity index (χ0) is 19.3. The number of amides is 2. The predicted molar refractivity (Wildman–Crippen MR) is 99.8 cm³/mol. The molecule has 1 atom stereocenters. The number of carbonyl (C=O) groups excluding carboxylic acids is 2. The third-order valence-corrected chi connectivity index (χ3v) is 6.25. The molecule has 2 heterocycles. The van der Waals surface area contributed by atoms with Crippen molar-refractivity contribution >= 4 is 21.7 Å². The summed E-state index contributed by atoms with van der Waals surface area (Å²) in [6.07, 6.45) is 2.75. The van der Waals surface area contributed by atoms with Crippen molar-refractivity contribution in [3.63, 3.8) is 0 Å². The van der Waals surface area contributed by atoms with E-state index in [2.05, 4.69) is 24.1 Å². The van der Waals surface area contributed by atoms with E-state index < -0.39 is 9.84 Å². The SMILES string of the molecule is CCN(C(=O)c1ccnc(C(=O)NCCC(C)C)c1)C1CCS(=O)(=O)C1. The molecule has 8 heteroatoms. The van der Waals surface area contributed by atoms with Crippen molar-refractivity contribution in [1.82, 2.24) is 15.2 Å². The summed E-state index contributed by atoms with van der Waals surface area (Å²) in [6.45, 7) is 6.94. The molecule has 1 aromatic rings. The van der Waals surface area contributed by atoms with Crippen molar-refractivity contribution in [3.8, 4) is 0 Å². The molecule has 0 bridgehead atoms. The Bertz CT molecular complexity index is 761. The Balaban J connectivity index is 2.10. The van der Waals surface area contributed by atoms with Crippen LogP contribution in [0.4, 0.5) is 0 Å². The highest BCUT2D eigenvalue weighted by molar-refractivity contribution is 7.91. The Hall–Kier alpha value is -1.96. The van der Waals surface area contributed by atoms with Crippen molar-refractivity contribution in [2.24, 2.45) is 5.92 Å². The van der Waals surface area contributed by atoms with Gasteiger partial charge in [0.05, 0.1) is 11.5 Å². The Morgan fingerprint density at radius 2 is 2.12 bits per heavy atom. The minimum absolute atomic E-state index is 0.000207. The van der Waals surface area contributed by atoms with Gasteiger partial charge in [0, 0.05) is 30.9 Å². The number of carbonyl (C=O) groups is 2. The minimum atomic E-state index is -3.08. The summed E-state index contributed by atoms with van der Waals surface area (Å²) >= 11 is 0. The Morgan fingerprint density at radius 3 is 2.69 bits per heavy atom. The van der Waals surface area contributed by atoms with Gasteiger partial charge in [0.15, 0.2) is 9.84 Å². The number of nitrogens with one attached hydrogen (secondary N) is 1. The molecule has 0 saturated carbocycles. The summed E-state index contributed by atoms with van der Waals surface area (Å²) in [5.41, 5.74) is 0.537. The van der Waals surface area contributed by atoms with Gasteiger partial charge in [0.2, 0.25) is 0 Å². The van der Waals surface area contributed by atoms with Gasteiger partial charge in [-0.1, -0.05) is 13.8 Å². The van der Waals surface area contributed by atoms with Crippen LogP contribution < -0.4 is 5.32 Å². The van der Waals surface area contributed by atoms with Gasteiger partial charge in [0.25, 0.3) is 11.8 Å². The molecule has 0 aromatic carbocycles. The molecule has 144 valence electrons. The molecule has 0 radical (unpaired) electrons. The third-order valence-electron chi connectivity index (χ3n) is 4.50. The van der Waals surface area contributed by atoms with E-state index in [1.807, 2.05) is 6.92 Å². The molecule has 1 fully saturated rings. The second-order valence-electron chi connectivity index (χ2n) is 7.02. The molecule has 1 saturated heterocycles. The van der Waals surface area contributed by atoms with Crippen LogP contribution in [0.1, 0.15) is 54.5 Å². The standard InChI is InChI=1S/C18H27N3O4S/c1-4-21(15-7-10-26(24,25)12-15)18(23)14-6-9-19-16(11-14)17(22)20-8-5-13(2)3/h6,9,11,13,15H,4-5,7-8,10,12H2,1-3H3,(H,20,22). The normalized spacial score (nSPS) is 18.7. The quantitative estimate of drug-likeness (QED) is 0.772. The molecule has 26 heavy (non-hydrogen) atoms. The maximum Gasteiger partial charge on any atom is 0.269 e. The van der Waals surface area contributed by atoms with Gasteiger partial charge in [-0.15, -0.1) is 0 Å². The predicted octanol–water partition coefficient (Wildman–Crippen LogP) is 1.51. The van der Waals surface area contributed by atoms with Gasteiger partial charge in [0.1, 0.15) is 5.69 Å². The number of aromatic nitrogens is 1. The fourth-order valence-electron chi connectivity index (χ4n) is 3.01. The topological polar surface area (TPSA) is 96.4 Å². The average Bonchev–Trinajstić information content (AvgIpc) is 2.94. The van der Waals surface area contributed by atoms with Crippen LogP contribution in [-0.2, 0) is 9.84 Å². The Morgan fingerprint density at radius 1 is 1.38 bits per heavy atom. The number of nitrogens with zero attached hydrogens (tertiary/aromatic N) is 2. The second-order valence-corrected chi connectivity index (χ2v) is 9.24. The maximum atomic E-state index is 12.8. The third kappa shape index (κ3) is 5.27. The molecule has 2 rings (SSSR count). The number of hydrogen-bond acceptors (Lipinski definition) is 5. The van der Waals surface area contributed by atoms with Crippen LogP contribution in [0.2, 0.25) is 0 Å². The van der Waals surface area contributed by atoms with E-state index in [1.165, 1.54) is 12.3 Å². The van der Waals surface area contributed by atoms with Gasteiger partial charge >= 0.3 is 0 Å². The summed E-state index contributed by atoms with van der Waals surface area (Å²) in [5, 5.41) is 2.80. The molecule has 1 aromatic heterocycles. The first kappa shape index (κ1) is 20.4. The van der Waals surface area contributed by atoms with Crippen molar-refractivity contribution < 1.29 is 18.0 Å². The zero-order valence-corrected chi connectivity index (χ0v) is 16.4. The first-order valence-electron chi connectivity index (χ1n) is 8.99. The van der Waals surface area contributed by atoms with E-state index in [0.29, 0.717) is 31.0 Å². The lowest BCUT2D eigenvalue weighted by Crippen LogP contribution is -2.41. The lowest BCUT2D eigenvalue weighted by Gasteiger charge is -2.27. The minimum Gasteiger partial charge on any atom is -0.351 e. The van der Waals surface area contributed by atoms with E-state index in [-0.39, 0.29) is 35.1 Å². The first-order valence-corrected chi connectivity index (χ1v) is 10.8. The highest BCUT2D eigenvalue weighted by Crippen LogP contribution is 2.20. The monoisotopic (exact) mass is 381 g/mol. The zero-order valence-electron chi connectivity index (χ0n) is 15.6. The van der Waals surface area contributed by atoms with Gasteiger partial charge in [-0.3, -0.25) is 14.6 Å². The summed E-state index contributed by atoms with van der Waals surface area (Å²) < 4.78 is 23.4. The van der Waals surface area contributed by atoms with Crippen LogP contribution in [0.5, 0.6) is 0 Å². The average molecular weight is 381 g/mol. The molecular formula is C18H27N3O4S.